The number of hydrogen-bond donors (Lipinski definition) is 1. The SMILES string of the molecule is O=S(=O)(C[C@H]1CCCN1)c1ncc(Cl)cn1. The minimum Gasteiger partial charge on any atom is -0.313 e. The monoisotopic (exact) mass is 261 g/mol. The van der Waals surface area contributed by atoms with Gasteiger partial charge in [-0.2, -0.15) is 0 Å². The van der Waals surface area contributed by atoms with Gasteiger partial charge in [-0.1, -0.05) is 11.6 Å². The highest BCUT2D eigenvalue weighted by molar-refractivity contribution is 7.91. The normalized spacial score (nSPS) is 21.2. The second-order valence-corrected chi connectivity index (χ2v) is 6.12. The summed E-state index contributed by atoms with van der Waals surface area (Å²) >= 11 is 5.60. The van der Waals surface area contributed by atoms with Crippen LogP contribution in [0.25, 0.3) is 0 Å². The van der Waals surface area contributed by atoms with Gasteiger partial charge in [-0.3, -0.25) is 0 Å². The minimum atomic E-state index is -3.40. The second kappa shape index (κ2) is 4.65. The van der Waals surface area contributed by atoms with Gasteiger partial charge in [0.1, 0.15) is 0 Å². The Morgan fingerprint density at radius 2 is 2.12 bits per heavy atom. The number of halogens is 1. The summed E-state index contributed by atoms with van der Waals surface area (Å²) in [5, 5.41) is 3.32. The average Bonchev–Trinajstić information content (AvgIpc) is 2.70. The largest absolute Gasteiger partial charge is 0.313 e. The minimum absolute atomic E-state index is 0.0179. The number of aromatic nitrogens is 2. The maximum Gasteiger partial charge on any atom is 0.247 e. The van der Waals surface area contributed by atoms with Crippen LogP contribution in [0.4, 0.5) is 0 Å². The molecule has 1 aromatic heterocycles. The topological polar surface area (TPSA) is 72.0 Å². The Hall–Kier alpha value is -0.720. The van der Waals surface area contributed by atoms with Crippen LogP contribution >= 0.6 is 11.6 Å². The van der Waals surface area contributed by atoms with E-state index in [4.69, 9.17) is 11.6 Å². The summed E-state index contributed by atoms with van der Waals surface area (Å²) in [5.41, 5.74) is 0. The van der Waals surface area contributed by atoms with Gasteiger partial charge in [0.05, 0.1) is 23.2 Å². The quantitative estimate of drug-likeness (QED) is 0.809. The van der Waals surface area contributed by atoms with Crippen LogP contribution in [0, 0.1) is 0 Å². The van der Waals surface area contributed by atoms with Gasteiger partial charge < -0.3 is 5.32 Å². The maximum absolute atomic E-state index is 11.9. The number of sulfone groups is 1. The van der Waals surface area contributed by atoms with E-state index in [9.17, 15) is 8.42 Å². The van der Waals surface area contributed by atoms with Crippen LogP contribution in [0.15, 0.2) is 17.6 Å². The average molecular weight is 262 g/mol. The van der Waals surface area contributed by atoms with Crippen molar-refractivity contribution in [1.82, 2.24) is 15.3 Å². The highest BCUT2D eigenvalue weighted by atomic mass is 35.5. The van der Waals surface area contributed by atoms with E-state index in [1.54, 1.807) is 0 Å². The summed E-state index contributed by atoms with van der Waals surface area (Å²) < 4.78 is 23.8. The molecule has 0 unspecified atom stereocenters. The molecule has 1 N–H and O–H groups in total. The summed E-state index contributed by atoms with van der Waals surface area (Å²) in [6, 6.07) is 0.0179. The van der Waals surface area contributed by atoms with Crippen LogP contribution < -0.4 is 5.32 Å². The Kier molecular flexibility index (Phi) is 3.41. The van der Waals surface area contributed by atoms with Crippen molar-refractivity contribution in [2.45, 2.75) is 24.0 Å². The molecular formula is C9H12ClN3O2S. The van der Waals surface area contributed by atoms with Gasteiger partial charge in [0, 0.05) is 6.04 Å². The summed E-state index contributed by atoms with van der Waals surface area (Å²) in [7, 11) is -3.40. The standard InChI is InChI=1S/C9H12ClN3O2S/c10-7-4-12-9(13-5-7)16(14,15)6-8-2-1-3-11-8/h4-5,8,11H,1-3,6H2/t8-/m1/s1. The first-order chi connectivity index (χ1) is 7.58. The first-order valence-electron chi connectivity index (χ1n) is 5.01. The van der Waals surface area contributed by atoms with Crippen molar-refractivity contribution >= 4 is 21.4 Å². The fourth-order valence-electron chi connectivity index (χ4n) is 1.70. The van der Waals surface area contributed by atoms with Crippen molar-refractivity contribution in [3.63, 3.8) is 0 Å². The molecule has 0 radical (unpaired) electrons. The second-order valence-electron chi connectivity index (χ2n) is 3.76. The Balaban J connectivity index is 2.14. The third-order valence-corrected chi connectivity index (χ3v) is 4.26. The zero-order valence-corrected chi connectivity index (χ0v) is 10.1. The molecule has 16 heavy (non-hydrogen) atoms. The van der Waals surface area contributed by atoms with Crippen LogP contribution in [0.1, 0.15) is 12.8 Å². The van der Waals surface area contributed by atoms with Crippen LogP contribution in [0.3, 0.4) is 0 Å². The van der Waals surface area contributed by atoms with Crippen molar-refractivity contribution in [1.29, 1.82) is 0 Å². The number of nitrogens with one attached hydrogen (secondary N) is 1. The summed E-state index contributed by atoms with van der Waals surface area (Å²) in [6.45, 7) is 0.877. The molecule has 1 aromatic rings. The molecule has 2 heterocycles. The fraction of sp³-hybridized carbons (Fsp3) is 0.556. The molecule has 5 nitrogen and oxygen atoms in total. The maximum atomic E-state index is 11.9. The number of rotatable bonds is 3. The van der Waals surface area contributed by atoms with Crippen LogP contribution in [0.2, 0.25) is 5.02 Å². The van der Waals surface area contributed by atoms with E-state index in [-0.39, 0.29) is 17.0 Å². The summed E-state index contributed by atoms with van der Waals surface area (Å²) in [6.07, 6.45) is 4.49. The molecule has 0 amide bonds. The first-order valence-corrected chi connectivity index (χ1v) is 7.05. The summed E-state index contributed by atoms with van der Waals surface area (Å²) in [4.78, 5) is 7.47. The van der Waals surface area contributed by atoms with Gasteiger partial charge in [0.2, 0.25) is 15.0 Å². The molecule has 0 saturated carbocycles. The molecule has 7 heteroatoms. The highest BCUT2D eigenvalue weighted by Crippen LogP contribution is 2.13. The smallest absolute Gasteiger partial charge is 0.247 e. The Labute approximate surface area is 99.2 Å². The zero-order valence-electron chi connectivity index (χ0n) is 8.56. The molecule has 1 atom stereocenters. The molecule has 1 saturated heterocycles. The van der Waals surface area contributed by atoms with Crippen molar-refractivity contribution in [2.75, 3.05) is 12.3 Å². The molecule has 0 bridgehead atoms. The molecule has 0 spiro atoms. The van der Waals surface area contributed by atoms with Gasteiger partial charge >= 0.3 is 0 Å². The van der Waals surface area contributed by atoms with Gasteiger partial charge in [-0.25, -0.2) is 18.4 Å². The predicted octanol–water partition coefficient (Wildman–Crippen LogP) is 0.656. The molecular weight excluding hydrogens is 250 g/mol. The third kappa shape index (κ3) is 2.69. The fourth-order valence-corrected chi connectivity index (χ4v) is 3.19. The molecule has 2 rings (SSSR count). The van der Waals surface area contributed by atoms with Crippen LogP contribution in [-0.2, 0) is 9.84 Å². The third-order valence-electron chi connectivity index (χ3n) is 2.46. The lowest BCUT2D eigenvalue weighted by molar-refractivity contribution is 0.568. The molecule has 1 aliphatic heterocycles. The van der Waals surface area contributed by atoms with Crippen LogP contribution in [-0.4, -0.2) is 36.7 Å². The Morgan fingerprint density at radius 3 is 2.69 bits per heavy atom. The Bertz CT molecular complexity index is 454. The lowest BCUT2D eigenvalue weighted by Crippen LogP contribution is -2.30. The predicted molar refractivity (Wildman–Crippen MR) is 60.1 cm³/mol. The van der Waals surface area contributed by atoms with Crippen molar-refractivity contribution in [3.8, 4) is 0 Å². The first kappa shape index (κ1) is 11.8. The van der Waals surface area contributed by atoms with E-state index < -0.39 is 9.84 Å². The van der Waals surface area contributed by atoms with E-state index in [2.05, 4.69) is 15.3 Å². The van der Waals surface area contributed by atoms with Crippen molar-refractivity contribution in [2.24, 2.45) is 0 Å². The van der Waals surface area contributed by atoms with E-state index in [0.717, 1.165) is 19.4 Å². The number of hydrogen-bond acceptors (Lipinski definition) is 5. The van der Waals surface area contributed by atoms with Gasteiger partial charge in [-0.15, -0.1) is 0 Å². The summed E-state index contributed by atoms with van der Waals surface area (Å²) in [5.74, 6) is 0.0502. The lowest BCUT2D eigenvalue weighted by Gasteiger charge is -2.09. The molecule has 1 fully saturated rings. The van der Waals surface area contributed by atoms with Crippen LogP contribution in [0.5, 0.6) is 0 Å². The zero-order chi connectivity index (χ0) is 11.6. The van der Waals surface area contributed by atoms with Gasteiger partial charge in [0.15, 0.2) is 0 Å². The molecule has 0 aromatic carbocycles. The van der Waals surface area contributed by atoms with Gasteiger partial charge in [0.25, 0.3) is 0 Å². The van der Waals surface area contributed by atoms with Crippen molar-refractivity contribution in [3.05, 3.63) is 17.4 Å². The number of nitrogens with zero attached hydrogens (tertiary/aromatic N) is 2. The highest BCUT2D eigenvalue weighted by Gasteiger charge is 2.25. The lowest BCUT2D eigenvalue weighted by atomic mass is 10.3. The Morgan fingerprint density at radius 1 is 1.44 bits per heavy atom. The molecule has 88 valence electrons. The van der Waals surface area contributed by atoms with E-state index in [0.29, 0.717) is 5.02 Å². The van der Waals surface area contributed by atoms with E-state index >= 15 is 0 Å². The van der Waals surface area contributed by atoms with E-state index in [1.165, 1.54) is 12.4 Å². The van der Waals surface area contributed by atoms with Crippen molar-refractivity contribution < 1.29 is 8.42 Å². The molecule has 1 aliphatic rings. The van der Waals surface area contributed by atoms with Gasteiger partial charge in [-0.05, 0) is 19.4 Å². The van der Waals surface area contributed by atoms with E-state index in [1.807, 2.05) is 0 Å². The molecule has 0 aliphatic carbocycles.